The number of aliphatic hydroxyl groups is 1. The summed E-state index contributed by atoms with van der Waals surface area (Å²) in [7, 11) is 0. The summed E-state index contributed by atoms with van der Waals surface area (Å²) in [5, 5.41) is 11.1. The normalized spacial score (nSPS) is 26.6. The van der Waals surface area contributed by atoms with Crippen molar-refractivity contribution >= 4 is 16.9 Å². The first-order chi connectivity index (χ1) is 12.8. The quantitative estimate of drug-likeness (QED) is 0.896. The topological polar surface area (TPSA) is 58.4 Å². The fourth-order valence-corrected chi connectivity index (χ4v) is 4.59. The molecule has 27 heavy (non-hydrogen) atoms. The summed E-state index contributed by atoms with van der Waals surface area (Å²) in [5.74, 6) is 1.29. The molecule has 0 unspecified atom stereocenters. The van der Waals surface area contributed by atoms with E-state index in [4.69, 9.17) is 4.98 Å². The molecule has 1 aliphatic heterocycles. The first-order valence-electron chi connectivity index (χ1n) is 10.3. The van der Waals surface area contributed by atoms with Crippen LogP contribution in [0.2, 0.25) is 0 Å². The molecule has 146 valence electrons. The number of rotatable bonds is 4. The van der Waals surface area contributed by atoms with Crippen LogP contribution in [0.5, 0.6) is 0 Å². The molecule has 1 aliphatic carbocycles. The molecule has 0 spiro atoms. The third-order valence-electron chi connectivity index (χ3n) is 6.33. The molecule has 2 aromatic heterocycles. The van der Waals surface area contributed by atoms with Crippen molar-refractivity contribution < 1.29 is 9.90 Å². The highest BCUT2D eigenvalue weighted by molar-refractivity contribution is 5.80. The van der Waals surface area contributed by atoms with Crippen molar-refractivity contribution in [2.45, 2.75) is 64.5 Å². The monoisotopic (exact) mass is 369 g/mol. The Morgan fingerprint density at radius 3 is 2.59 bits per heavy atom. The third-order valence-corrected chi connectivity index (χ3v) is 6.33. The maximum Gasteiger partial charge on any atom is 0.225 e. The van der Waals surface area contributed by atoms with Gasteiger partial charge in [0.2, 0.25) is 5.91 Å². The Hall–Kier alpha value is -1.88. The second kappa shape index (κ2) is 6.93. The second-order valence-electron chi connectivity index (χ2n) is 9.14. The highest BCUT2D eigenvalue weighted by atomic mass is 16.3. The fraction of sp³-hybridized carbons (Fsp3) is 0.636. The van der Waals surface area contributed by atoms with E-state index >= 15 is 0 Å². The molecule has 1 N–H and O–H groups in total. The van der Waals surface area contributed by atoms with Gasteiger partial charge in [-0.3, -0.25) is 4.79 Å². The Kier molecular flexibility index (Phi) is 4.75. The number of likely N-dealkylation sites (tertiary alicyclic amines) is 1. The van der Waals surface area contributed by atoms with Crippen LogP contribution in [0.1, 0.15) is 58.1 Å². The van der Waals surface area contributed by atoms with Crippen molar-refractivity contribution in [1.29, 1.82) is 0 Å². The number of aromatic nitrogens is 2. The number of amides is 1. The van der Waals surface area contributed by atoms with E-state index in [1.807, 2.05) is 11.8 Å². The maximum absolute atomic E-state index is 12.6. The number of hydrogen-bond donors (Lipinski definition) is 1. The summed E-state index contributed by atoms with van der Waals surface area (Å²) in [6, 6.07) is 6.44. The summed E-state index contributed by atoms with van der Waals surface area (Å²) < 4.78 is 2.28. The predicted octanol–water partition coefficient (Wildman–Crippen LogP) is 3.56. The van der Waals surface area contributed by atoms with Gasteiger partial charge >= 0.3 is 0 Å². The minimum absolute atomic E-state index is 0.0311. The van der Waals surface area contributed by atoms with Crippen LogP contribution < -0.4 is 0 Å². The van der Waals surface area contributed by atoms with Gasteiger partial charge in [-0.15, -0.1) is 0 Å². The lowest BCUT2D eigenvalue weighted by Crippen LogP contribution is -2.51. The first-order valence-corrected chi connectivity index (χ1v) is 10.3. The van der Waals surface area contributed by atoms with Crippen molar-refractivity contribution in [3.8, 4) is 0 Å². The van der Waals surface area contributed by atoms with Crippen LogP contribution >= 0.6 is 0 Å². The zero-order chi connectivity index (χ0) is 19.2. The van der Waals surface area contributed by atoms with Crippen molar-refractivity contribution in [1.82, 2.24) is 14.5 Å². The molecular formula is C22H31N3O2. The SMILES string of the molecule is CC(C)c1ccc2ccn(CC3CCN(C(=O)C4CC(C)(O)C4)CC3)c2n1. The third kappa shape index (κ3) is 3.75. The standard InChI is InChI=1S/C22H31N3O2/c1-15(2)19-5-4-17-8-11-25(20(17)23-19)14-16-6-9-24(10-7-16)21(26)18-12-22(3,27)13-18/h4-5,8,11,15-16,18,27H,6-7,9-10,12-14H2,1-3H3. The molecule has 3 heterocycles. The minimum atomic E-state index is -0.629. The fourth-order valence-electron chi connectivity index (χ4n) is 4.59. The van der Waals surface area contributed by atoms with E-state index in [1.165, 1.54) is 5.39 Å². The van der Waals surface area contributed by atoms with Gasteiger partial charge in [0, 0.05) is 42.8 Å². The molecule has 2 fully saturated rings. The van der Waals surface area contributed by atoms with Crippen LogP contribution in [0.15, 0.2) is 24.4 Å². The van der Waals surface area contributed by atoms with Gasteiger partial charge in [0.15, 0.2) is 0 Å². The zero-order valence-corrected chi connectivity index (χ0v) is 16.7. The maximum atomic E-state index is 12.6. The van der Waals surface area contributed by atoms with E-state index in [-0.39, 0.29) is 11.8 Å². The molecule has 1 saturated carbocycles. The van der Waals surface area contributed by atoms with Gasteiger partial charge in [0.1, 0.15) is 5.65 Å². The summed E-state index contributed by atoms with van der Waals surface area (Å²) in [5.41, 5.74) is 1.59. The minimum Gasteiger partial charge on any atom is -0.390 e. The zero-order valence-electron chi connectivity index (χ0n) is 16.7. The van der Waals surface area contributed by atoms with Gasteiger partial charge in [-0.25, -0.2) is 4.98 Å². The van der Waals surface area contributed by atoms with Crippen LogP contribution in [0.25, 0.3) is 11.0 Å². The predicted molar refractivity (Wildman–Crippen MR) is 106 cm³/mol. The number of hydrogen-bond acceptors (Lipinski definition) is 3. The number of piperidine rings is 1. The molecule has 0 atom stereocenters. The van der Waals surface area contributed by atoms with Crippen LogP contribution in [-0.2, 0) is 11.3 Å². The van der Waals surface area contributed by atoms with E-state index in [2.05, 4.69) is 42.8 Å². The molecule has 2 aliphatic rings. The van der Waals surface area contributed by atoms with Crippen LogP contribution in [-0.4, -0.2) is 44.2 Å². The Morgan fingerprint density at radius 2 is 1.96 bits per heavy atom. The lowest BCUT2D eigenvalue weighted by molar-refractivity contribution is -0.151. The van der Waals surface area contributed by atoms with Gasteiger partial charge in [0.25, 0.3) is 0 Å². The van der Waals surface area contributed by atoms with E-state index in [9.17, 15) is 9.90 Å². The van der Waals surface area contributed by atoms with Crippen molar-refractivity contribution in [3.05, 3.63) is 30.1 Å². The summed E-state index contributed by atoms with van der Waals surface area (Å²) in [4.78, 5) is 19.5. The van der Waals surface area contributed by atoms with Crippen LogP contribution in [0.3, 0.4) is 0 Å². The Morgan fingerprint density at radius 1 is 1.26 bits per heavy atom. The summed E-state index contributed by atoms with van der Waals surface area (Å²) >= 11 is 0. The Balaban J connectivity index is 1.36. The number of fused-ring (bicyclic) bond motifs is 1. The Labute approximate surface area is 161 Å². The molecule has 5 heteroatoms. The first kappa shape index (κ1) is 18.5. The average Bonchev–Trinajstić information content (AvgIpc) is 3.02. The summed E-state index contributed by atoms with van der Waals surface area (Å²) in [6.45, 7) is 8.82. The molecule has 0 bridgehead atoms. The van der Waals surface area contributed by atoms with Gasteiger partial charge in [0.05, 0.1) is 5.60 Å². The van der Waals surface area contributed by atoms with Crippen LogP contribution in [0, 0.1) is 11.8 Å². The van der Waals surface area contributed by atoms with Gasteiger partial charge in [-0.2, -0.15) is 0 Å². The molecule has 4 rings (SSSR count). The molecule has 0 aromatic carbocycles. The van der Waals surface area contributed by atoms with Crippen molar-refractivity contribution in [2.75, 3.05) is 13.1 Å². The highest BCUT2D eigenvalue weighted by Crippen LogP contribution is 2.39. The van der Waals surface area contributed by atoms with Gasteiger partial charge < -0.3 is 14.6 Å². The van der Waals surface area contributed by atoms with Gasteiger partial charge in [-0.05, 0) is 62.6 Å². The van der Waals surface area contributed by atoms with E-state index in [0.717, 1.165) is 43.8 Å². The van der Waals surface area contributed by atoms with Crippen molar-refractivity contribution in [2.24, 2.45) is 11.8 Å². The number of nitrogens with zero attached hydrogens (tertiary/aromatic N) is 3. The van der Waals surface area contributed by atoms with E-state index in [0.29, 0.717) is 24.7 Å². The Bertz CT molecular complexity index is 823. The van der Waals surface area contributed by atoms with Crippen molar-refractivity contribution in [3.63, 3.8) is 0 Å². The van der Waals surface area contributed by atoms with E-state index < -0.39 is 5.60 Å². The lowest BCUT2D eigenvalue weighted by Gasteiger charge is -2.43. The molecule has 5 nitrogen and oxygen atoms in total. The average molecular weight is 370 g/mol. The molecule has 0 radical (unpaired) electrons. The van der Waals surface area contributed by atoms with Crippen LogP contribution in [0.4, 0.5) is 0 Å². The smallest absolute Gasteiger partial charge is 0.225 e. The highest BCUT2D eigenvalue weighted by Gasteiger charge is 2.44. The van der Waals surface area contributed by atoms with E-state index in [1.54, 1.807) is 0 Å². The number of carbonyl (C=O) groups excluding carboxylic acids is 1. The molecular weight excluding hydrogens is 338 g/mol. The largest absolute Gasteiger partial charge is 0.390 e. The number of pyridine rings is 1. The molecule has 2 aromatic rings. The molecule has 1 saturated heterocycles. The second-order valence-corrected chi connectivity index (χ2v) is 9.14. The lowest BCUT2D eigenvalue weighted by atomic mass is 9.71. The molecule has 1 amide bonds. The van der Waals surface area contributed by atoms with Gasteiger partial charge in [-0.1, -0.05) is 13.8 Å². The summed E-state index contributed by atoms with van der Waals surface area (Å²) in [6.07, 6.45) is 5.46. The number of carbonyl (C=O) groups is 1.